The van der Waals surface area contributed by atoms with Crippen LogP contribution in [-0.2, 0) is 6.42 Å². The van der Waals surface area contributed by atoms with Gasteiger partial charge in [-0.1, -0.05) is 91.0 Å². The molecule has 0 bridgehead atoms. The van der Waals surface area contributed by atoms with Crippen LogP contribution in [0.2, 0.25) is 0 Å². The lowest BCUT2D eigenvalue weighted by Crippen LogP contribution is -1.88. The first kappa shape index (κ1) is 18.2. The molecular formula is C31H24. The average molecular weight is 397 g/mol. The summed E-state index contributed by atoms with van der Waals surface area (Å²) in [6, 6.07) is 33.6. The summed E-state index contributed by atoms with van der Waals surface area (Å²) in [5.74, 6) is 0. The maximum Gasteiger partial charge on any atom is -0.00134 e. The van der Waals surface area contributed by atoms with Gasteiger partial charge in [-0.15, -0.1) is 0 Å². The van der Waals surface area contributed by atoms with Gasteiger partial charge in [0.05, 0.1) is 0 Å². The second-order valence-electron chi connectivity index (χ2n) is 8.51. The zero-order valence-electron chi connectivity index (χ0n) is 17.5. The molecule has 0 atom stereocenters. The van der Waals surface area contributed by atoms with Gasteiger partial charge in [0.25, 0.3) is 0 Å². The highest BCUT2D eigenvalue weighted by molar-refractivity contribution is 5.83. The Morgan fingerprint density at radius 3 is 1.94 bits per heavy atom. The minimum Gasteiger partial charge on any atom is -0.0836 e. The van der Waals surface area contributed by atoms with Gasteiger partial charge in [-0.3, -0.25) is 0 Å². The molecule has 31 heavy (non-hydrogen) atoms. The van der Waals surface area contributed by atoms with E-state index in [0.29, 0.717) is 0 Å². The normalized spacial score (nSPS) is 14.1. The van der Waals surface area contributed by atoms with Crippen LogP contribution >= 0.6 is 0 Å². The van der Waals surface area contributed by atoms with Crippen molar-refractivity contribution in [2.24, 2.45) is 0 Å². The summed E-state index contributed by atoms with van der Waals surface area (Å²) in [6.07, 6.45) is 10.2. The van der Waals surface area contributed by atoms with Crippen LogP contribution in [0.4, 0.5) is 0 Å². The number of benzene rings is 4. The van der Waals surface area contributed by atoms with Gasteiger partial charge in [-0.05, 0) is 93.1 Å². The first-order valence-electron chi connectivity index (χ1n) is 11.1. The molecule has 0 heteroatoms. The lowest BCUT2D eigenvalue weighted by atomic mass is 9.93. The molecule has 4 aromatic carbocycles. The zero-order chi connectivity index (χ0) is 20.6. The predicted molar refractivity (Wildman–Crippen MR) is 132 cm³/mol. The van der Waals surface area contributed by atoms with Gasteiger partial charge in [0.2, 0.25) is 0 Å². The van der Waals surface area contributed by atoms with E-state index in [2.05, 4.69) is 109 Å². The summed E-state index contributed by atoms with van der Waals surface area (Å²) in [7, 11) is 0. The van der Waals surface area contributed by atoms with Crippen LogP contribution in [0.25, 0.3) is 39.0 Å². The monoisotopic (exact) mass is 396 g/mol. The van der Waals surface area contributed by atoms with E-state index in [0.717, 1.165) is 19.3 Å². The lowest BCUT2D eigenvalue weighted by Gasteiger charge is -2.11. The molecule has 2 aliphatic carbocycles. The second-order valence-corrected chi connectivity index (χ2v) is 8.51. The van der Waals surface area contributed by atoms with Crippen molar-refractivity contribution in [2.75, 3.05) is 0 Å². The number of hydrogen-bond donors (Lipinski definition) is 0. The predicted octanol–water partition coefficient (Wildman–Crippen LogP) is 8.33. The van der Waals surface area contributed by atoms with Crippen molar-refractivity contribution in [3.05, 3.63) is 126 Å². The number of rotatable bonds is 3. The van der Waals surface area contributed by atoms with Crippen LogP contribution in [0.1, 0.15) is 29.5 Å². The van der Waals surface area contributed by atoms with Crippen molar-refractivity contribution in [2.45, 2.75) is 19.3 Å². The Hall–Kier alpha value is -3.64. The number of fused-ring (bicyclic) bond motifs is 3. The third kappa shape index (κ3) is 3.35. The van der Waals surface area contributed by atoms with E-state index in [9.17, 15) is 0 Å². The lowest BCUT2D eigenvalue weighted by molar-refractivity contribution is 1.04. The molecule has 0 aromatic heterocycles. The average Bonchev–Trinajstić information content (AvgIpc) is 3.23. The molecule has 4 aromatic rings. The summed E-state index contributed by atoms with van der Waals surface area (Å²) in [5.41, 5.74) is 13.4. The molecule has 0 heterocycles. The molecule has 0 saturated heterocycles. The highest BCUT2D eigenvalue weighted by Gasteiger charge is 2.18. The zero-order valence-corrected chi connectivity index (χ0v) is 17.5. The molecule has 0 amide bonds. The Morgan fingerprint density at radius 2 is 1.16 bits per heavy atom. The summed E-state index contributed by atoms with van der Waals surface area (Å²) < 4.78 is 0. The summed E-state index contributed by atoms with van der Waals surface area (Å²) in [5, 5.41) is 0. The molecule has 2 aliphatic rings. The summed E-state index contributed by atoms with van der Waals surface area (Å²) in [4.78, 5) is 0. The largest absolute Gasteiger partial charge is 0.0836 e. The maximum atomic E-state index is 2.37. The minimum absolute atomic E-state index is 1.04. The van der Waals surface area contributed by atoms with E-state index in [1.54, 1.807) is 0 Å². The topological polar surface area (TPSA) is 0 Å². The molecule has 0 N–H and O–H groups in total. The maximum absolute atomic E-state index is 2.37. The van der Waals surface area contributed by atoms with E-state index in [1.165, 1.54) is 55.6 Å². The molecule has 0 saturated carbocycles. The van der Waals surface area contributed by atoms with Crippen molar-refractivity contribution in [3.63, 3.8) is 0 Å². The van der Waals surface area contributed by atoms with Crippen LogP contribution < -0.4 is 0 Å². The molecule has 0 unspecified atom stereocenters. The Balaban J connectivity index is 1.38. The Bertz CT molecular complexity index is 1350. The second kappa shape index (κ2) is 7.56. The van der Waals surface area contributed by atoms with E-state index in [4.69, 9.17) is 0 Å². The van der Waals surface area contributed by atoms with Gasteiger partial charge in [-0.25, -0.2) is 0 Å². The summed E-state index contributed by atoms with van der Waals surface area (Å²) in [6.45, 7) is 0. The molecule has 0 fully saturated rings. The van der Waals surface area contributed by atoms with E-state index >= 15 is 0 Å². The van der Waals surface area contributed by atoms with Crippen LogP contribution in [0.5, 0.6) is 0 Å². The van der Waals surface area contributed by atoms with Crippen LogP contribution in [-0.4, -0.2) is 0 Å². The Morgan fingerprint density at radius 1 is 0.484 bits per heavy atom. The smallest absolute Gasteiger partial charge is 0.00134 e. The minimum atomic E-state index is 1.04. The fraction of sp³-hybridized carbons (Fsp3) is 0.0968. The van der Waals surface area contributed by atoms with Gasteiger partial charge < -0.3 is 0 Å². The first-order valence-corrected chi connectivity index (χ1v) is 11.1. The number of hydrogen-bond acceptors (Lipinski definition) is 0. The first-order chi connectivity index (χ1) is 15.3. The van der Waals surface area contributed by atoms with Crippen molar-refractivity contribution in [1.29, 1.82) is 0 Å². The van der Waals surface area contributed by atoms with E-state index < -0.39 is 0 Å². The van der Waals surface area contributed by atoms with Crippen LogP contribution in [0.3, 0.4) is 0 Å². The third-order valence-corrected chi connectivity index (χ3v) is 6.52. The van der Waals surface area contributed by atoms with Crippen LogP contribution in [0, 0.1) is 0 Å². The molecule has 0 spiro atoms. The van der Waals surface area contributed by atoms with Gasteiger partial charge in [0, 0.05) is 0 Å². The Labute approximate surface area is 184 Å². The Kier molecular flexibility index (Phi) is 4.43. The molecule has 148 valence electrons. The van der Waals surface area contributed by atoms with Gasteiger partial charge in [0.15, 0.2) is 0 Å². The third-order valence-electron chi connectivity index (χ3n) is 6.52. The van der Waals surface area contributed by atoms with Crippen molar-refractivity contribution < 1.29 is 0 Å². The van der Waals surface area contributed by atoms with Gasteiger partial charge in [0.1, 0.15) is 0 Å². The highest BCUT2D eigenvalue weighted by atomic mass is 14.2. The van der Waals surface area contributed by atoms with Gasteiger partial charge in [-0.2, -0.15) is 0 Å². The summed E-state index contributed by atoms with van der Waals surface area (Å²) >= 11 is 0. The van der Waals surface area contributed by atoms with Crippen LogP contribution in [0.15, 0.2) is 109 Å². The quantitative estimate of drug-likeness (QED) is 0.287. The van der Waals surface area contributed by atoms with Crippen molar-refractivity contribution in [3.8, 4) is 33.4 Å². The van der Waals surface area contributed by atoms with Crippen molar-refractivity contribution in [1.82, 2.24) is 0 Å². The molecule has 0 radical (unpaired) electrons. The van der Waals surface area contributed by atoms with Crippen molar-refractivity contribution >= 4 is 5.57 Å². The molecule has 6 rings (SSSR count). The van der Waals surface area contributed by atoms with Gasteiger partial charge >= 0.3 is 0 Å². The van der Waals surface area contributed by atoms with E-state index in [1.807, 2.05) is 0 Å². The number of allylic oxidation sites excluding steroid dienone is 4. The molecular weight excluding hydrogens is 372 g/mol. The highest BCUT2D eigenvalue weighted by Crippen LogP contribution is 2.39. The van der Waals surface area contributed by atoms with E-state index in [-0.39, 0.29) is 0 Å². The fourth-order valence-electron chi connectivity index (χ4n) is 4.89. The standard InChI is InChI=1S/C31H24/c1-2-8-22(9-3-1)23-11-6-12-24(18-23)25-13-7-14-26(19-25)27-16-17-29-20-28-10-4-5-15-30(28)31(29)21-27/h2,4-19,21H,1,3,20H2. The molecule has 0 aliphatic heterocycles. The fourth-order valence-corrected chi connectivity index (χ4v) is 4.89. The molecule has 0 nitrogen and oxygen atoms in total. The SMILES string of the molecule is C1=CC(c2cccc(-c3cccc(-c4ccc5c(c4)-c4ccccc4C5)c3)c2)=CCC1.